The van der Waals surface area contributed by atoms with Crippen LogP contribution in [0.3, 0.4) is 0 Å². The van der Waals surface area contributed by atoms with Crippen LogP contribution in [-0.4, -0.2) is 36.3 Å². The molecule has 0 radical (unpaired) electrons. The number of nitrogens with one attached hydrogen (secondary N) is 1. The number of rotatable bonds is 10. The van der Waals surface area contributed by atoms with Crippen LogP contribution < -0.4 is 10.1 Å². The molecular weight excluding hydrogens is 509 g/mol. The zero-order valence-corrected chi connectivity index (χ0v) is 21.7. The largest absolute Gasteiger partial charge is 0.493 e. The Balaban J connectivity index is 1.69. The Labute approximate surface area is 225 Å². The average Bonchev–Trinajstić information content (AvgIpc) is 2.88. The molecule has 1 aromatic heterocycles. The minimum Gasteiger partial charge on any atom is -0.493 e. The highest BCUT2D eigenvalue weighted by Crippen LogP contribution is 2.30. The Hall–Kier alpha value is -4.32. The summed E-state index contributed by atoms with van der Waals surface area (Å²) in [5.41, 5.74) is 1.44. The predicted octanol–water partition coefficient (Wildman–Crippen LogP) is 5.95. The number of aromatic nitrogens is 1. The highest BCUT2D eigenvalue weighted by atomic mass is 19.4. The second-order valence-electron chi connectivity index (χ2n) is 9.56. The molecule has 0 aliphatic heterocycles. The summed E-state index contributed by atoms with van der Waals surface area (Å²) in [5, 5.41) is 3.22. The fraction of sp³-hybridized carbons (Fsp3) is 0.300. The summed E-state index contributed by atoms with van der Waals surface area (Å²) in [5.74, 6) is 3.90. The predicted molar refractivity (Wildman–Crippen MR) is 141 cm³/mol. The number of halogens is 3. The molecule has 1 heterocycles. The fourth-order valence-corrected chi connectivity index (χ4v) is 3.69. The molecule has 0 aliphatic carbocycles. The van der Waals surface area contributed by atoms with Gasteiger partial charge in [0.25, 0.3) is 0 Å². The second-order valence-corrected chi connectivity index (χ2v) is 9.56. The van der Waals surface area contributed by atoms with Crippen molar-refractivity contribution in [1.82, 2.24) is 4.98 Å². The summed E-state index contributed by atoms with van der Waals surface area (Å²) in [7, 11) is 0. The molecule has 204 valence electrons. The lowest BCUT2D eigenvalue weighted by molar-refractivity contribution is -0.202. The average molecular weight is 539 g/mol. The zero-order chi connectivity index (χ0) is 28.3. The first-order valence-electron chi connectivity index (χ1n) is 12.3. The highest BCUT2D eigenvalue weighted by Gasteiger charge is 2.43. The maximum Gasteiger partial charge on any atom is 0.491 e. The molecule has 1 N–H and O–H groups in total. The van der Waals surface area contributed by atoms with Gasteiger partial charge in [0.05, 0.1) is 13.0 Å². The van der Waals surface area contributed by atoms with Crippen LogP contribution in [0, 0.1) is 17.3 Å². The molecule has 0 bridgehead atoms. The van der Waals surface area contributed by atoms with Gasteiger partial charge in [-0.1, -0.05) is 56.0 Å². The molecule has 9 heteroatoms. The maximum absolute atomic E-state index is 12.5. The third kappa shape index (κ3) is 10.2. The maximum atomic E-state index is 12.5. The summed E-state index contributed by atoms with van der Waals surface area (Å²) >= 11 is 0. The van der Waals surface area contributed by atoms with Crippen molar-refractivity contribution in [2.24, 2.45) is 5.41 Å². The first-order valence-corrected chi connectivity index (χ1v) is 12.3. The van der Waals surface area contributed by atoms with E-state index in [-0.39, 0.29) is 6.42 Å². The molecule has 0 saturated carbocycles. The Bertz CT molecular complexity index is 1310. The summed E-state index contributed by atoms with van der Waals surface area (Å²) in [4.78, 5) is 27.3. The number of anilines is 1. The third-order valence-corrected chi connectivity index (χ3v) is 5.49. The summed E-state index contributed by atoms with van der Waals surface area (Å²) in [6.07, 6.45) is -2.87. The van der Waals surface area contributed by atoms with Crippen LogP contribution in [0.15, 0.2) is 72.9 Å². The van der Waals surface area contributed by atoms with Crippen LogP contribution in [0.4, 0.5) is 19.0 Å². The quantitative estimate of drug-likeness (QED) is 0.149. The number of carbonyl (C=O) groups is 2. The van der Waals surface area contributed by atoms with E-state index in [0.717, 1.165) is 23.4 Å². The number of ether oxygens (including phenoxy) is 2. The van der Waals surface area contributed by atoms with Gasteiger partial charge in [-0.25, -0.2) is 9.78 Å². The van der Waals surface area contributed by atoms with Crippen molar-refractivity contribution in [3.05, 3.63) is 89.6 Å². The van der Waals surface area contributed by atoms with E-state index in [2.05, 4.69) is 26.9 Å². The molecule has 0 amide bonds. The Morgan fingerprint density at radius 3 is 2.41 bits per heavy atom. The fourth-order valence-electron chi connectivity index (χ4n) is 3.69. The van der Waals surface area contributed by atoms with Gasteiger partial charge in [-0.05, 0) is 60.2 Å². The summed E-state index contributed by atoms with van der Waals surface area (Å²) in [6, 6.07) is 20.4. The van der Waals surface area contributed by atoms with Gasteiger partial charge >= 0.3 is 18.1 Å². The van der Waals surface area contributed by atoms with Crippen LogP contribution in [0.1, 0.15) is 43.4 Å². The molecule has 0 fully saturated rings. The van der Waals surface area contributed by atoms with Gasteiger partial charge in [-0.2, -0.15) is 13.2 Å². The molecule has 6 nitrogen and oxygen atoms in total. The van der Waals surface area contributed by atoms with Gasteiger partial charge in [0.15, 0.2) is 0 Å². The van der Waals surface area contributed by atoms with Gasteiger partial charge in [0.2, 0.25) is 0 Å². The number of pyridine rings is 1. The van der Waals surface area contributed by atoms with Crippen molar-refractivity contribution in [3.8, 4) is 17.6 Å². The Morgan fingerprint density at radius 1 is 0.974 bits per heavy atom. The number of alkyl halides is 3. The van der Waals surface area contributed by atoms with Crippen LogP contribution in [0.2, 0.25) is 0 Å². The van der Waals surface area contributed by atoms with Crippen molar-refractivity contribution < 1.29 is 32.2 Å². The monoisotopic (exact) mass is 538 g/mol. The molecule has 39 heavy (non-hydrogen) atoms. The van der Waals surface area contributed by atoms with E-state index in [1.807, 2.05) is 54.6 Å². The summed E-state index contributed by atoms with van der Waals surface area (Å²) < 4.78 is 47.3. The number of carbonyl (C=O) groups excluding carboxylic acids is 2. The van der Waals surface area contributed by atoms with Gasteiger partial charge in [0.1, 0.15) is 11.6 Å². The minimum absolute atomic E-state index is 0.301. The zero-order valence-electron chi connectivity index (χ0n) is 21.7. The Kier molecular flexibility index (Phi) is 10.1. The van der Waals surface area contributed by atoms with Crippen LogP contribution in [-0.2, 0) is 20.7 Å². The van der Waals surface area contributed by atoms with Gasteiger partial charge in [-0.15, -0.1) is 0 Å². The smallest absolute Gasteiger partial charge is 0.491 e. The van der Waals surface area contributed by atoms with Crippen LogP contribution in [0.5, 0.6) is 5.75 Å². The van der Waals surface area contributed by atoms with Crippen molar-refractivity contribution in [2.45, 2.75) is 39.3 Å². The van der Waals surface area contributed by atoms with Gasteiger partial charge in [0, 0.05) is 23.9 Å². The van der Waals surface area contributed by atoms with Crippen molar-refractivity contribution in [3.63, 3.8) is 0 Å². The number of benzene rings is 2. The first kappa shape index (κ1) is 29.2. The van der Waals surface area contributed by atoms with Gasteiger partial charge < -0.3 is 14.8 Å². The van der Waals surface area contributed by atoms with Crippen molar-refractivity contribution >= 4 is 17.8 Å². The molecule has 0 unspecified atom stereocenters. The lowest BCUT2D eigenvalue weighted by Crippen LogP contribution is -2.30. The van der Waals surface area contributed by atoms with E-state index in [1.54, 1.807) is 32.2 Å². The minimum atomic E-state index is -5.23. The molecular formula is C30H29F3N2O4. The molecule has 0 atom stereocenters. The van der Waals surface area contributed by atoms with E-state index >= 15 is 0 Å². The topological polar surface area (TPSA) is 77.5 Å². The number of hydrogen-bond donors (Lipinski definition) is 1. The Morgan fingerprint density at radius 2 is 1.72 bits per heavy atom. The molecule has 0 aliphatic rings. The molecule has 3 aromatic rings. The van der Waals surface area contributed by atoms with Crippen LogP contribution >= 0.6 is 0 Å². The first-order chi connectivity index (χ1) is 18.5. The van der Waals surface area contributed by atoms with Crippen molar-refractivity contribution in [1.29, 1.82) is 0 Å². The second kappa shape index (κ2) is 13.5. The van der Waals surface area contributed by atoms with E-state index < -0.39 is 23.5 Å². The third-order valence-electron chi connectivity index (χ3n) is 5.49. The number of hydrogen-bond acceptors (Lipinski definition) is 6. The normalized spacial score (nSPS) is 11.2. The SMILES string of the molecule is CC(C)(CC(=O)OC(=O)C(F)(F)F)Cc1ccc(OCCCNc2ccccn2)cc1C#Cc1ccccc1. The van der Waals surface area contributed by atoms with Gasteiger partial charge in [-0.3, -0.25) is 4.79 Å². The number of esters is 2. The summed E-state index contributed by atoms with van der Waals surface area (Å²) in [6.45, 7) is 4.55. The highest BCUT2D eigenvalue weighted by molar-refractivity contribution is 5.88. The van der Waals surface area contributed by atoms with E-state index in [1.165, 1.54) is 0 Å². The van der Waals surface area contributed by atoms with Crippen LogP contribution in [0.25, 0.3) is 0 Å². The lowest BCUT2D eigenvalue weighted by Gasteiger charge is -2.24. The molecule has 2 aromatic carbocycles. The molecule has 0 saturated heterocycles. The standard InChI is InChI=1S/C30H29F3N2O4/c1-29(2,21-27(36)39-28(37)30(31,32)33)20-24-14-15-25(19-23(24)13-12-22-9-4-3-5-10-22)38-18-8-17-35-26-11-6-7-16-34-26/h3-7,9-11,14-16,19H,8,17-18,20-21H2,1-2H3,(H,34,35). The van der Waals surface area contributed by atoms with E-state index in [9.17, 15) is 22.8 Å². The van der Waals surface area contributed by atoms with Crippen molar-refractivity contribution in [2.75, 3.05) is 18.5 Å². The number of nitrogens with zero attached hydrogens (tertiary/aromatic N) is 1. The van der Waals surface area contributed by atoms with E-state index in [4.69, 9.17) is 4.74 Å². The lowest BCUT2D eigenvalue weighted by atomic mass is 9.81. The molecule has 0 spiro atoms. The molecule has 3 rings (SSSR count). The van der Waals surface area contributed by atoms with E-state index in [0.29, 0.717) is 30.9 Å².